The molecular formula is C29H26N2. The number of para-hydroxylation sites is 1. The van der Waals surface area contributed by atoms with Crippen molar-refractivity contribution in [3.05, 3.63) is 83.9 Å². The van der Waals surface area contributed by atoms with Gasteiger partial charge in [0.25, 0.3) is 0 Å². The Morgan fingerprint density at radius 3 is 2.55 bits per heavy atom. The van der Waals surface area contributed by atoms with E-state index >= 15 is 0 Å². The summed E-state index contributed by atoms with van der Waals surface area (Å²) in [6.45, 7) is 2.32. The Morgan fingerprint density at radius 1 is 0.839 bits per heavy atom. The number of pyridine rings is 1. The van der Waals surface area contributed by atoms with Gasteiger partial charge in [-0.15, -0.1) is 0 Å². The fraction of sp³-hybridized carbons (Fsp3) is 0.207. The monoisotopic (exact) mass is 402 g/mol. The molecule has 0 saturated heterocycles. The van der Waals surface area contributed by atoms with Crippen LogP contribution in [0, 0.1) is 0 Å². The maximum atomic E-state index is 6.43. The highest BCUT2D eigenvalue weighted by Gasteiger charge is 2.21. The van der Waals surface area contributed by atoms with E-state index in [1.165, 1.54) is 47.2 Å². The van der Waals surface area contributed by atoms with Crippen LogP contribution in [0.5, 0.6) is 0 Å². The van der Waals surface area contributed by atoms with Crippen molar-refractivity contribution in [1.82, 2.24) is 4.98 Å². The van der Waals surface area contributed by atoms with Crippen LogP contribution in [0.3, 0.4) is 0 Å². The van der Waals surface area contributed by atoms with Gasteiger partial charge in [0.05, 0.1) is 5.52 Å². The fourth-order valence-electron chi connectivity index (χ4n) is 5.60. The molecule has 0 radical (unpaired) electrons. The summed E-state index contributed by atoms with van der Waals surface area (Å²) in [5, 5.41) is 6.42. The summed E-state index contributed by atoms with van der Waals surface area (Å²) in [4.78, 5) is 4.67. The number of benzene rings is 4. The first kappa shape index (κ1) is 18.4. The largest absolute Gasteiger partial charge is 0.383 e. The molecule has 2 N–H and O–H groups in total. The lowest BCUT2D eigenvalue weighted by Gasteiger charge is -2.26. The van der Waals surface area contributed by atoms with Crippen molar-refractivity contribution in [1.29, 1.82) is 0 Å². The van der Waals surface area contributed by atoms with Crippen LogP contribution >= 0.6 is 0 Å². The summed E-state index contributed by atoms with van der Waals surface area (Å²) in [6, 6.07) is 26.3. The minimum absolute atomic E-state index is 0.586. The van der Waals surface area contributed by atoms with Gasteiger partial charge in [0.2, 0.25) is 0 Å². The maximum Gasteiger partial charge on any atom is 0.132 e. The van der Waals surface area contributed by atoms with E-state index in [0.29, 0.717) is 11.7 Å². The third kappa shape index (κ3) is 2.82. The van der Waals surface area contributed by atoms with E-state index < -0.39 is 0 Å². The Labute approximate surface area is 182 Å². The Hall–Kier alpha value is -3.39. The van der Waals surface area contributed by atoms with Crippen LogP contribution in [0.15, 0.2) is 72.8 Å². The molecule has 152 valence electrons. The van der Waals surface area contributed by atoms with Crippen molar-refractivity contribution in [3.8, 4) is 11.1 Å². The summed E-state index contributed by atoms with van der Waals surface area (Å²) in [7, 11) is 0. The van der Waals surface area contributed by atoms with Crippen molar-refractivity contribution < 1.29 is 0 Å². The first-order valence-electron chi connectivity index (χ1n) is 11.4. The molecule has 5 aromatic rings. The van der Waals surface area contributed by atoms with E-state index in [9.17, 15) is 0 Å². The van der Waals surface area contributed by atoms with Crippen LogP contribution in [0.25, 0.3) is 43.6 Å². The number of hydrogen-bond acceptors (Lipinski definition) is 2. The summed E-state index contributed by atoms with van der Waals surface area (Å²) in [6.07, 6.45) is 5.03. The molecule has 0 bridgehead atoms. The number of hydrogen-bond donors (Lipinski definition) is 1. The molecule has 1 heterocycles. The molecule has 0 saturated carbocycles. The average molecular weight is 403 g/mol. The van der Waals surface area contributed by atoms with Gasteiger partial charge in [0.1, 0.15) is 5.82 Å². The van der Waals surface area contributed by atoms with E-state index in [-0.39, 0.29) is 0 Å². The number of aryl methyl sites for hydroxylation is 1. The molecule has 6 rings (SSSR count). The lowest BCUT2D eigenvalue weighted by Crippen LogP contribution is -2.09. The number of aromatic nitrogens is 1. The molecule has 0 aliphatic heterocycles. The summed E-state index contributed by atoms with van der Waals surface area (Å²) >= 11 is 0. The van der Waals surface area contributed by atoms with E-state index in [0.717, 1.165) is 22.0 Å². The smallest absolute Gasteiger partial charge is 0.132 e. The molecule has 1 aliphatic rings. The zero-order chi connectivity index (χ0) is 20.9. The van der Waals surface area contributed by atoms with Crippen molar-refractivity contribution in [3.63, 3.8) is 0 Å². The second-order valence-corrected chi connectivity index (χ2v) is 8.81. The number of nitrogens with zero attached hydrogens (tertiary/aromatic N) is 1. The fourth-order valence-corrected chi connectivity index (χ4v) is 5.60. The number of fused-ring (bicyclic) bond motifs is 6. The normalized spacial score (nSPS) is 16.1. The topological polar surface area (TPSA) is 38.9 Å². The van der Waals surface area contributed by atoms with E-state index in [1.54, 1.807) is 11.1 Å². The molecule has 1 aliphatic carbocycles. The minimum atomic E-state index is 0.586. The van der Waals surface area contributed by atoms with E-state index in [1.807, 2.05) is 18.2 Å². The van der Waals surface area contributed by atoms with Crippen LogP contribution < -0.4 is 5.73 Å². The molecule has 1 aromatic heterocycles. The number of nitrogen functional groups attached to an aromatic ring is 1. The van der Waals surface area contributed by atoms with Crippen molar-refractivity contribution >= 4 is 38.3 Å². The van der Waals surface area contributed by atoms with E-state index in [2.05, 4.69) is 66.5 Å². The Balaban J connectivity index is 1.61. The second kappa shape index (κ2) is 7.09. The van der Waals surface area contributed by atoms with Crippen molar-refractivity contribution in [2.75, 3.05) is 5.73 Å². The van der Waals surface area contributed by atoms with Gasteiger partial charge in [-0.3, -0.25) is 0 Å². The summed E-state index contributed by atoms with van der Waals surface area (Å²) < 4.78 is 0. The molecular weight excluding hydrogens is 376 g/mol. The van der Waals surface area contributed by atoms with Crippen LogP contribution in [-0.2, 0) is 6.42 Å². The number of rotatable bonds is 2. The lowest BCUT2D eigenvalue weighted by atomic mass is 9.79. The van der Waals surface area contributed by atoms with Gasteiger partial charge in [-0.1, -0.05) is 67.6 Å². The highest BCUT2D eigenvalue weighted by Crippen LogP contribution is 2.41. The Kier molecular flexibility index (Phi) is 4.21. The number of nitrogens with two attached hydrogens (primary N) is 1. The van der Waals surface area contributed by atoms with Crippen molar-refractivity contribution in [2.45, 2.75) is 38.5 Å². The van der Waals surface area contributed by atoms with Crippen LogP contribution in [0.4, 0.5) is 5.82 Å². The quantitative estimate of drug-likeness (QED) is 0.308. The van der Waals surface area contributed by atoms with Gasteiger partial charge in [-0.05, 0) is 82.0 Å². The molecule has 0 amide bonds. The van der Waals surface area contributed by atoms with Gasteiger partial charge in [0, 0.05) is 10.9 Å². The maximum absolute atomic E-state index is 6.43. The molecule has 0 spiro atoms. The highest BCUT2D eigenvalue weighted by atomic mass is 14.8. The number of anilines is 1. The van der Waals surface area contributed by atoms with Gasteiger partial charge in [-0.2, -0.15) is 0 Å². The third-order valence-corrected chi connectivity index (χ3v) is 7.16. The molecule has 31 heavy (non-hydrogen) atoms. The molecule has 2 heteroatoms. The zero-order valence-electron chi connectivity index (χ0n) is 17.9. The highest BCUT2D eigenvalue weighted by molar-refractivity contribution is 6.14. The van der Waals surface area contributed by atoms with Gasteiger partial charge in [-0.25, -0.2) is 4.98 Å². The second-order valence-electron chi connectivity index (χ2n) is 8.81. The molecule has 2 nitrogen and oxygen atoms in total. The first-order valence-corrected chi connectivity index (χ1v) is 11.4. The predicted octanol–water partition coefficient (Wildman–Crippen LogP) is 7.62. The van der Waals surface area contributed by atoms with Gasteiger partial charge >= 0.3 is 0 Å². The standard InChI is InChI=1S/C29H26N2/c1-2-18-8-5-9-21-20(18)13-14-26-22-10-6-11-23(25(22)16-15-24(21)26)27-17-19-7-3-4-12-28(19)31-29(27)30/h3-4,6-7,10-18H,2,5,8-9H2,1H3,(H2,30,31). The van der Waals surface area contributed by atoms with E-state index in [4.69, 9.17) is 5.73 Å². The molecule has 1 atom stereocenters. The van der Waals surface area contributed by atoms with Gasteiger partial charge in [0.15, 0.2) is 0 Å². The summed E-state index contributed by atoms with van der Waals surface area (Å²) in [5.41, 5.74) is 12.7. The third-order valence-electron chi connectivity index (χ3n) is 7.16. The van der Waals surface area contributed by atoms with Crippen molar-refractivity contribution in [2.24, 2.45) is 0 Å². The predicted molar refractivity (Wildman–Crippen MR) is 133 cm³/mol. The van der Waals surface area contributed by atoms with Crippen LogP contribution in [0.2, 0.25) is 0 Å². The zero-order valence-corrected chi connectivity index (χ0v) is 17.9. The molecule has 0 fully saturated rings. The average Bonchev–Trinajstić information content (AvgIpc) is 2.82. The van der Waals surface area contributed by atoms with Crippen LogP contribution in [-0.4, -0.2) is 4.98 Å². The summed E-state index contributed by atoms with van der Waals surface area (Å²) in [5.74, 6) is 1.29. The lowest BCUT2D eigenvalue weighted by molar-refractivity contribution is 0.542. The Morgan fingerprint density at radius 2 is 1.65 bits per heavy atom. The Bertz CT molecular complexity index is 1460. The molecule has 4 aromatic carbocycles. The minimum Gasteiger partial charge on any atom is -0.383 e. The van der Waals surface area contributed by atoms with Gasteiger partial charge < -0.3 is 5.73 Å². The SMILES string of the molecule is CCC1CCCc2c1ccc1c2ccc2c(-c3cc4ccccc4nc3N)cccc21. The molecule has 1 unspecified atom stereocenters. The van der Waals surface area contributed by atoms with Crippen LogP contribution in [0.1, 0.15) is 43.2 Å². The first-order chi connectivity index (χ1) is 15.2.